The van der Waals surface area contributed by atoms with Crippen LogP contribution in [-0.4, -0.2) is 75.5 Å². The van der Waals surface area contributed by atoms with Gasteiger partial charge in [0, 0.05) is 36.1 Å². The second-order valence-corrected chi connectivity index (χ2v) is 19.8. The number of carbonyl (C=O) groups is 4. The molecule has 3 saturated carbocycles. The standard InChI is InChI=1S/C44H56ClN3O8S/c1-8-26-19-44(26,42(52)53)20-33(49)32-16-27(21-48(32)41(51)29(43(4,5)6)17-38(50)56-35-15-24-9-10-25(35)14-24)55-36-18-30(31-22-57-37(46-31)13-23(2)3)47-40-28(36)11-12-34(54-7)39(40)45/h11-12,18,22-27,29,32,35H,8-10,13-17,19-21H2,1-7H3,(H,52,53)/t24?,25?,26?,27-,29-,32+,35?,44-/m1/s1. The molecular weight excluding hydrogens is 766 g/mol. The van der Waals surface area contributed by atoms with Crippen LogP contribution in [0, 0.1) is 40.4 Å². The Morgan fingerprint density at radius 3 is 2.46 bits per heavy atom. The van der Waals surface area contributed by atoms with E-state index in [0.717, 1.165) is 30.7 Å². The number of fused-ring (bicyclic) bond motifs is 3. The van der Waals surface area contributed by atoms with E-state index in [1.807, 2.05) is 45.2 Å². The Morgan fingerprint density at radius 1 is 1.07 bits per heavy atom. The molecule has 1 amide bonds. The van der Waals surface area contributed by atoms with E-state index in [1.165, 1.54) is 13.5 Å². The summed E-state index contributed by atoms with van der Waals surface area (Å²) in [7, 11) is 1.54. The van der Waals surface area contributed by atoms with Crippen molar-refractivity contribution >= 4 is 57.5 Å². The number of hydrogen-bond acceptors (Lipinski definition) is 10. The average molecular weight is 822 g/mol. The van der Waals surface area contributed by atoms with E-state index in [1.54, 1.807) is 22.3 Å². The number of halogens is 1. The fourth-order valence-corrected chi connectivity index (χ4v) is 10.9. The molecule has 4 aliphatic rings. The van der Waals surface area contributed by atoms with Gasteiger partial charge in [-0.05, 0) is 73.3 Å². The number of aromatic nitrogens is 2. The van der Waals surface area contributed by atoms with Crippen LogP contribution in [0.4, 0.5) is 0 Å². The van der Waals surface area contributed by atoms with Gasteiger partial charge < -0.3 is 24.2 Å². The minimum absolute atomic E-state index is 0.0683. The molecule has 308 valence electrons. The number of aliphatic carboxylic acids is 1. The number of ether oxygens (including phenoxy) is 3. The molecule has 3 aromatic rings. The Bertz CT molecular complexity index is 2040. The van der Waals surface area contributed by atoms with E-state index >= 15 is 0 Å². The fraction of sp³-hybridized carbons (Fsp3) is 0.636. The summed E-state index contributed by atoms with van der Waals surface area (Å²) in [6.07, 6.45) is 5.24. The number of likely N-dealkylation sites (tertiary alicyclic amines) is 1. The van der Waals surface area contributed by atoms with Crippen molar-refractivity contribution in [3.05, 3.63) is 33.6 Å². The Morgan fingerprint density at radius 2 is 1.84 bits per heavy atom. The number of carbonyl (C=O) groups excluding carboxylic acids is 3. The summed E-state index contributed by atoms with van der Waals surface area (Å²) in [6.45, 7) is 12.1. The second-order valence-electron chi connectivity index (χ2n) is 18.4. The van der Waals surface area contributed by atoms with E-state index in [-0.39, 0.29) is 49.5 Å². The number of methoxy groups -OCH3 is 1. The summed E-state index contributed by atoms with van der Waals surface area (Å²) in [4.78, 5) is 66.6. The first-order valence-electron chi connectivity index (χ1n) is 20.6. The first kappa shape index (κ1) is 41.4. The van der Waals surface area contributed by atoms with E-state index in [2.05, 4.69) is 13.8 Å². The molecule has 3 heterocycles. The number of esters is 1. The van der Waals surface area contributed by atoms with Crippen LogP contribution in [0.2, 0.25) is 5.02 Å². The highest BCUT2D eigenvalue weighted by atomic mass is 35.5. The highest BCUT2D eigenvalue weighted by Gasteiger charge is 2.61. The Labute approximate surface area is 344 Å². The second kappa shape index (κ2) is 16.1. The molecule has 4 unspecified atom stereocenters. The summed E-state index contributed by atoms with van der Waals surface area (Å²) in [6, 6.07) is 4.45. The van der Waals surface area contributed by atoms with Crippen molar-refractivity contribution in [1.29, 1.82) is 0 Å². The van der Waals surface area contributed by atoms with E-state index in [0.29, 0.717) is 69.4 Å². The molecule has 8 atom stereocenters. The number of rotatable bonds is 15. The lowest BCUT2D eigenvalue weighted by molar-refractivity contribution is -0.158. The predicted octanol–water partition coefficient (Wildman–Crippen LogP) is 8.81. The molecule has 3 aliphatic carbocycles. The van der Waals surface area contributed by atoms with E-state index < -0.39 is 40.8 Å². The lowest BCUT2D eigenvalue weighted by atomic mass is 9.77. The molecule has 11 nitrogen and oxygen atoms in total. The molecule has 1 aromatic carbocycles. The van der Waals surface area contributed by atoms with Gasteiger partial charge in [-0.25, -0.2) is 9.97 Å². The smallest absolute Gasteiger partial charge is 0.310 e. The maximum absolute atomic E-state index is 14.8. The number of Topliss-reactive ketones (excluding diaryl/α,β-unsaturated/α-hetero) is 1. The minimum Gasteiger partial charge on any atom is -0.495 e. The predicted molar refractivity (Wildman–Crippen MR) is 218 cm³/mol. The number of pyridine rings is 1. The van der Waals surface area contributed by atoms with Crippen molar-refractivity contribution in [3.8, 4) is 22.9 Å². The molecule has 57 heavy (non-hydrogen) atoms. The van der Waals surface area contributed by atoms with Crippen molar-refractivity contribution in [2.24, 2.45) is 40.4 Å². The maximum atomic E-state index is 14.8. The van der Waals surface area contributed by atoms with Gasteiger partial charge in [-0.1, -0.05) is 59.6 Å². The normalized spacial score (nSPS) is 27.2. The first-order chi connectivity index (χ1) is 27.0. The third-order valence-corrected chi connectivity index (χ3v) is 14.2. The molecule has 0 radical (unpaired) electrons. The molecule has 1 saturated heterocycles. The van der Waals surface area contributed by atoms with Gasteiger partial charge in [0.1, 0.15) is 28.7 Å². The van der Waals surface area contributed by atoms with Crippen LogP contribution in [0.15, 0.2) is 23.6 Å². The van der Waals surface area contributed by atoms with Crippen LogP contribution in [0.25, 0.3) is 22.3 Å². The topological polar surface area (TPSA) is 145 Å². The molecule has 1 N–H and O–H groups in total. The zero-order chi connectivity index (χ0) is 41.0. The molecule has 7 rings (SSSR count). The summed E-state index contributed by atoms with van der Waals surface area (Å²) >= 11 is 8.42. The average Bonchev–Trinajstić information content (AvgIpc) is 3.67. The summed E-state index contributed by atoms with van der Waals surface area (Å²) in [5.74, 6) is -0.578. The third-order valence-electron chi connectivity index (χ3n) is 13.0. The van der Waals surface area contributed by atoms with Gasteiger partial charge in [-0.3, -0.25) is 19.2 Å². The Kier molecular flexibility index (Phi) is 11.7. The van der Waals surface area contributed by atoms with Crippen LogP contribution in [-0.2, 0) is 30.3 Å². The number of carboxylic acid groups (broad SMARTS) is 1. The van der Waals surface area contributed by atoms with Gasteiger partial charge in [-0.15, -0.1) is 11.3 Å². The fourth-order valence-electron chi connectivity index (χ4n) is 9.65. The van der Waals surface area contributed by atoms with Crippen LogP contribution in [0.5, 0.6) is 11.5 Å². The van der Waals surface area contributed by atoms with E-state index in [9.17, 15) is 24.3 Å². The Balaban J connectivity index is 1.20. The van der Waals surface area contributed by atoms with Crippen LogP contribution in [0.1, 0.15) is 104 Å². The van der Waals surface area contributed by atoms with Gasteiger partial charge in [0.25, 0.3) is 0 Å². The quantitative estimate of drug-likeness (QED) is 0.148. The van der Waals surface area contributed by atoms with Gasteiger partial charge in [0.15, 0.2) is 5.78 Å². The number of benzene rings is 1. The van der Waals surface area contributed by atoms with Gasteiger partial charge in [0.2, 0.25) is 5.91 Å². The molecule has 13 heteroatoms. The van der Waals surface area contributed by atoms with Crippen molar-refractivity contribution in [1.82, 2.24) is 14.9 Å². The van der Waals surface area contributed by atoms with E-state index in [4.69, 9.17) is 35.8 Å². The molecule has 0 spiro atoms. The summed E-state index contributed by atoms with van der Waals surface area (Å²) in [5, 5.41) is 14.1. The highest BCUT2D eigenvalue weighted by Crippen LogP contribution is 2.58. The number of hydrogen-bond donors (Lipinski definition) is 1. The number of ketones is 1. The molecule has 2 aromatic heterocycles. The largest absolute Gasteiger partial charge is 0.495 e. The van der Waals surface area contributed by atoms with Gasteiger partial charge in [0.05, 0.1) is 59.4 Å². The Hall–Kier alpha value is -3.77. The highest BCUT2D eigenvalue weighted by molar-refractivity contribution is 7.09. The van der Waals surface area contributed by atoms with Crippen LogP contribution < -0.4 is 9.47 Å². The lowest BCUT2D eigenvalue weighted by Gasteiger charge is -2.35. The van der Waals surface area contributed by atoms with Crippen molar-refractivity contribution in [2.75, 3.05) is 13.7 Å². The summed E-state index contributed by atoms with van der Waals surface area (Å²) < 4.78 is 18.3. The number of carboxylic acids is 1. The van der Waals surface area contributed by atoms with Gasteiger partial charge in [-0.2, -0.15) is 0 Å². The zero-order valence-corrected chi connectivity index (χ0v) is 35.7. The molecular formula is C44H56ClN3O8S. The first-order valence-corrected chi connectivity index (χ1v) is 21.8. The minimum atomic E-state index is -1.14. The molecule has 1 aliphatic heterocycles. The lowest BCUT2D eigenvalue weighted by Crippen LogP contribution is -2.48. The van der Waals surface area contributed by atoms with Crippen LogP contribution in [0.3, 0.4) is 0 Å². The zero-order valence-electron chi connectivity index (χ0n) is 34.1. The third kappa shape index (κ3) is 8.40. The van der Waals surface area contributed by atoms with Crippen LogP contribution >= 0.6 is 22.9 Å². The van der Waals surface area contributed by atoms with Crippen molar-refractivity contribution < 1.29 is 38.5 Å². The number of nitrogens with zero attached hydrogens (tertiary/aromatic N) is 3. The SMILES string of the molecule is CCC1C[C@]1(CC(=O)[C@@H]1C[C@@H](Oc2cc(-c3csc(CC(C)C)n3)nc3c(Cl)c(OC)ccc23)CN1C(=O)[C@@H](CC(=O)OC1CC2CCC1C2)C(C)(C)C)C(=O)O. The van der Waals surface area contributed by atoms with Crippen molar-refractivity contribution in [2.45, 2.75) is 124 Å². The monoisotopic (exact) mass is 821 g/mol. The maximum Gasteiger partial charge on any atom is 0.310 e. The molecule has 4 fully saturated rings. The molecule has 2 bridgehead atoms. The summed E-state index contributed by atoms with van der Waals surface area (Å²) in [5.41, 5.74) is -0.0811. The van der Waals surface area contributed by atoms with Gasteiger partial charge >= 0.3 is 11.9 Å². The number of thiazole rings is 1. The number of amides is 1. The van der Waals surface area contributed by atoms with Crippen molar-refractivity contribution in [3.63, 3.8) is 0 Å².